The van der Waals surface area contributed by atoms with Crippen molar-refractivity contribution in [1.29, 1.82) is 0 Å². The number of morpholine rings is 1. The first kappa shape index (κ1) is 26.8. The summed E-state index contributed by atoms with van der Waals surface area (Å²) in [5.74, 6) is 1.60. The summed E-state index contributed by atoms with van der Waals surface area (Å²) in [6.07, 6.45) is 2.58. The van der Waals surface area contributed by atoms with Crippen LogP contribution in [0, 0.1) is 0 Å². The quantitative estimate of drug-likeness (QED) is 0.307. The maximum atomic E-state index is 13.3. The normalized spacial score (nSPS) is 14.7. The summed E-state index contributed by atoms with van der Waals surface area (Å²) in [6.45, 7) is 5.54. The van der Waals surface area contributed by atoms with Crippen molar-refractivity contribution in [1.82, 2.24) is 14.8 Å². The van der Waals surface area contributed by atoms with Gasteiger partial charge >= 0.3 is 0 Å². The van der Waals surface area contributed by atoms with Crippen molar-refractivity contribution in [2.75, 3.05) is 53.6 Å². The lowest BCUT2D eigenvalue weighted by Crippen LogP contribution is -2.41. The second-order valence-electron chi connectivity index (χ2n) is 9.91. The van der Waals surface area contributed by atoms with E-state index in [1.807, 2.05) is 24.3 Å². The highest BCUT2D eigenvalue weighted by molar-refractivity contribution is 5.86. The predicted octanol–water partition coefficient (Wildman–Crippen LogP) is 4.68. The second-order valence-corrected chi connectivity index (χ2v) is 9.91. The Morgan fingerprint density at radius 3 is 2.28 bits per heavy atom. The van der Waals surface area contributed by atoms with Gasteiger partial charge < -0.3 is 24.1 Å². The number of ether oxygens (including phenoxy) is 3. The van der Waals surface area contributed by atoms with Crippen LogP contribution in [0.2, 0.25) is 0 Å². The van der Waals surface area contributed by atoms with E-state index in [-0.39, 0.29) is 11.8 Å². The smallest absolute Gasteiger partial charge is 0.220 e. The molecule has 1 saturated heterocycles. The number of fused-ring (bicyclic) bond motifs is 1. The molecule has 3 aromatic carbocycles. The van der Waals surface area contributed by atoms with Crippen LogP contribution < -0.4 is 14.8 Å². The molecule has 1 aliphatic heterocycles. The average Bonchev–Trinajstić information content (AvgIpc) is 3.35. The number of hydrogen-bond acceptors (Lipinski definition) is 5. The number of para-hydroxylation sites is 1. The Morgan fingerprint density at radius 1 is 0.923 bits per heavy atom. The number of carbonyl (C=O) groups excluding carboxylic acids is 1. The zero-order chi connectivity index (χ0) is 27.0. The van der Waals surface area contributed by atoms with E-state index < -0.39 is 0 Å². The number of hydrogen-bond donors (Lipinski definition) is 1. The van der Waals surface area contributed by atoms with Gasteiger partial charge in [0.1, 0.15) is 11.5 Å². The van der Waals surface area contributed by atoms with E-state index in [2.05, 4.69) is 69.5 Å². The van der Waals surface area contributed by atoms with Crippen molar-refractivity contribution in [3.8, 4) is 11.5 Å². The summed E-state index contributed by atoms with van der Waals surface area (Å²) in [5, 5.41) is 4.32. The molecular weight excluding hydrogens is 490 g/mol. The minimum absolute atomic E-state index is 0.0519. The van der Waals surface area contributed by atoms with Gasteiger partial charge in [-0.15, -0.1) is 0 Å². The van der Waals surface area contributed by atoms with E-state index >= 15 is 0 Å². The van der Waals surface area contributed by atoms with Gasteiger partial charge in [-0.1, -0.05) is 42.5 Å². The molecule has 1 atom stereocenters. The third-order valence-electron chi connectivity index (χ3n) is 7.47. The van der Waals surface area contributed by atoms with Crippen molar-refractivity contribution in [2.45, 2.75) is 18.9 Å². The molecule has 0 radical (unpaired) electrons. The van der Waals surface area contributed by atoms with Crippen LogP contribution in [0.5, 0.6) is 11.5 Å². The molecule has 2 heterocycles. The molecule has 0 spiro atoms. The van der Waals surface area contributed by atoms with Gasteiger partial charge in [-0.3, -0.25) is 9.69 Å². The summed E-state index contributed by atoms with van der Waals surface area (Å²) in [5.41, 5.74) is 4.57. The van der Waals surface area contributed by atoms with Crippen LogP contribution in [-0.4, -0.2) is 69.0 Å². The van der Waals surface area contributed by atoms with Gasteiger partial charge in [0, 0.05) is 62.2 Å². The number of aromatic nitrogens is 1. The molecule has 0 saturated carbocycles. The van der Waals surface area contributed by atoms with Gasteiger partial charge in [-0.25, -0.2) is 0 Å². The second kappa shape index (κ2) is 12.8. The molecule has 4 aromatic rings. The largest absolute Gasteiger partial charge is 0.497 e. The van der Waals surface area contributed by atoms with Crippen LogP contribution in [0.4, 0.5) is 0 Å². The fraction of sp³-hybridized carbons (Fsp3) is 0.344. The van der Waals surface area contributed by atoms with E-state index in [1.165, 1.54) is 5.56 Å². The first-order valence-corrected chi connectivity index (χ1v) is 13.6. The Labute approximate surface area is 230 Å². The first-order chi connectivity index (χ1) is 19.1. The van der Waals surface area contributed by atoms with Gasteiger partial charge in [0.2, 0.25) is 5.91 Å². The molecule has 39 heavy (non-hydrogen) atoms. The standard InChI is InChI=1S/C32H37N3O4/c1-37-26-11-7-24(8-12-26)22-35-23-30(28-5-3-4-6-31(28)35)29(25-9-13-27(38-2)14-10-25)21-32(36)33-15-16-34-17-19-39-20-18-34/h3-14,23,29H,15-22H2,1-2H3,(H,33,36)/t29-/m1/s1. The lowest BCUT2D eigenvalue weighted by atomic mass is 9.88. The highest BCUT2D eigenvalue weighted by Gasteiger charge is 2.23. The fourth-order valence-electron chi connectivity index (χ4n) is 5.29. The van der Waals surface area contributed by atoms with Crippen LogP contribution in [0.25, 0.3) is 10.9 Å². The van der Waals surface area contributed by atoms with Crippen LogP contribution in [0.15, 0.2) is 79.0 Å². The Morgan fingerprint density at radius 2 is 1.59 bits per heavy atom. The lowest BCUT2D eigenvalue weighted by Gasteiger charge is -2.26. The molecule has 1 amide bonds. The van der Waals surface area contributed by atoms with E-state index in [0.29, 0.717) is 13.0 Å². The Hall–Kier alpha value is -3.81. The van der Waals surface area contributed by atoms with Gasteiger partial charge in [0.15, 0.2) is 0 Å². The number of nitrogens with one attached hydrogen (secondary N) is 1. The molecule has 0 unspecified atom stereocenters. The molecule has 1 aliphatic rings. The summed E-state index contributed by atoms with van der Waals surface area (Å²) in [6, 6.07) is 24.7. The molecule has 5 rings (SSSR count). The van der Waals surface area contributed by atoms with Crippen molar-refractivity contribution >= 4 is 16.8 Å². The third kappa shape index (κ3) is 6.61. The Balaban J connectivity index is 1.41. The predicted molar refractivity (Wildman–Crippen MR) is 154 cm³/mol. The third-order valence-corrected chi connectivity index (χ3v) is 7.47. The number of benzene rings is 3. The number of methoxy groups -OCH3 is 2. The molecule has 7 nitrogen and oxygen atoms in total. The maximum Gasteiger partial charge on any atom is 0.220 e. The lowest BCUT2D eigenvalue weighted by molar-refractivity contribution is -0.121. The van der Waals surface area contributed by atoms with Crippen molar-refractivity contribution < 1.29 is 19.0 Å². The van der Waals surface area contributed by atoms with E-state index in [4.69, 9.17) is 14.2 Å². The summed E-state index contributed by atoms with van der Waals surface area (Å²) in [7, 11) is 3.35. The average molecular weight is 528 g/mol. The maximum absolute atomic E-state index is 13.3. The monoisotopic (exact) mass is 527 g/mol. The number of nitrogens with zero attached hydrogens (tertiary/aromatic N) is 2. The van der Waals surface area contributed by atoms with Gasteiger partial charge in [0.05, 0.1) is 27.4 Å². The van der Waals surface area contributed by atoms with Crippen molar-refractivity contribution in [2.24, 2.45) is 0 Å². The van der Waals surface area contributed by atoms with Crippen LogP contribution in [0.1, 0.15) is 29.0 Å². The molecule has 0 bridgehead atoms. The zero-order valence-corrected chi connectivity index (χ0v) is 22.8. The molecule has 0 aliphatic carbocycles. The molecule has 1 N–H and O–H groups in total. The Kier molecular flexibility index (Phi) is 8.81. The number of rotatable bonds is 11. The SMILES string of the molecule is COc1ccc(Cn2cc([C@H](CC(=O)NCCN3CCOCC3)c3ccc(OC)cc3)c3ccccc32)cc1. The zero-order valence-electron chi connectivity index (χ0n) is 22.8. The van der Waals surface area contributed by atoms with E-state index in [9.17, 15) is 4.79 Å². The van der Waals surface area contributed by atoms with E-state index in [0.717, 1.165) is 72.9 Å². The van der Waals surface area contributed by atoms with Gasteiger partial charge in [0.25, 0.3) is 0 Å². The highest BCUT2D eigenvalue weighted by atomic mass is 16.5. The van der Waals surface area contributed by atoms with Crippen molar-refractivity contribution in [3.63, 3.8) is 0 Å². The van der Waals surface area contributed by atoms with E-state index in [1.54, 1.807) is 14.2 Å². The topological polar surface area (TPSA) is 65.0 Å². The molecule has 1 aromatic heterocycles. The van der Waals surface area contributed by atoms with Crippen LogP contribution >= 0.6 is 0 Å². The highest BCUT2D eigenvalue weighted by Crippen LogP contribution is 2.36. The van der Waals surface area contributed by atoms with Gasteiger partial charge in [-0.2, -0.15) is 0 Å². The summed E-state index contributed by atoms with van der Waals surface area (Å²) >= 11 is 0. The Bertz CT molecular complexity index is 1360. The van der Waals surface area contributed by atoms with Crippen molar-refractivity contribution in [3.05, 3.63) is 95.7 Å². The number of carbonyl (C=O) groups is 1. The van der Waals surface area contributed by atoms with Gasteiger partial charge in [-0.05, 0) is 47.0 Å². The summed E-state index contributed by atoms with van der Waals surface area (Å²) in [4.78, 5) is 15.6. The fourth-order valence-corrected chi connectivity index (χ4v) is 5.29. The molecular formula is C32H37N3O4. The number of amides is 1. The first-order valence-electron chi connectivity index (χ1n) is 13.6. The molecule has 7 heteroatoms. The van der Waals surface area contributed by atoms with Crippen LogP contribution in [-0.2, 0) is 16.1 Å². The molecule has 1 fully saturated rings. The molecule has 204 valence electrons. The summed E-state index contributed by atoms with van der Waals surface area (Å²) < 4.78 is 18.4. The minimum Gasteiger partial charge on any atom is -0.497 e. The minimum atomic E-state index is -0.0960. The van der Waals surface area contributed by atoms with Crippen LogP contribution in [0.3, 0.4) is 0 Å².